The maximum atomic E-state index is 13.1. The van der Waals surface area contributed by atoms with E-state index >= 15 is 0 Å². The molecule has 2 saturated heterocycles. The standard InChI is InChI=1S/C29H38O11/c1-16-9-11-36-19(17(2)30)6-4-5-7-23(31)40-20-13-22-29(15-38-29)27(20,3)28(14-37-26(35)24(16)32)10-8-18(25(33)34)12-21(28)39-22/h4-7,12,16-17,19-22,24,30,32H,8-11,13-15H2,1-3H3,(H,33,34)/b6-4?,7-5-. The second-order valence-electron chi connectivity index (χ2n) is 11.9. The summed E-state index contributed by atoms with van der Waals surface area (Å²) in [5, 5.41) is 30.5. The number of rotatable bonds is 2. The number of allylic oxidation sites excluding steroid dienone is 2. The van der Waals surface area contributed by atoms with Crippen molar-refractivity contribution < 1.29 is 53.4 Å². The number of carboxylic acid groups (broad SMARTS) is 1. The monoisotopic (exact) mass is 562 g/mol. The molecule has 2 bridgehead atoms. The number of hydrogen-bond donors (Lipinski definition) is 3. The molecule has 3 aliphatic heterocycles. The average Bonchev–Trinajstić information content (AvgIpc) is 3.69. The molecule has 3 fully saturated rings. The van der Waals surface area contributed by atoms with Gasteiger partial charge in [0, 0.05) is 30.1 Å². The average molecular weight is 563 g/mol. The van der Waals surface area contributed by atoms with E-state index in [0.29, 0.717) is 25.9 Å². The van der Waals surface area contributed by atoms with Gasteiger partial charge in [0.05, 0.1) is 30.3 Å². The smallest absolute Gasteiger partial charge is 0.335 e. The Hall–Kier alpha value is -2.57. The fourth-order valence-corrected chi connectivity index (χ4v) is 7.08. The van der Waals surface area contributed by atoms with E-state index in [2.05, 4.69) is 0 Å². The topological polar surface area (TPSA) is 161 Å². The fraction of sp³-hybridized carbons (Fsp3) is 0.690. The molecule has 5 rings (SSSR count). The number of aliphatic hydroxyl groups excluding tert-OH is 2. The fourth-order valence-electron chi connectivity index (χ4n) is 7.08. The molecule has 220 valence electrons. The lowest BCUT2D eigenvalue weighted by Gasteiger charge is -2.58. The van der Waals surface area contributed by atoms with Crippen LogP contribution in [0.5, 0.6) is 0 Å². The largest absolute Gasteiger partial charge is 0.478 e. The molecule has 0 aromatic rings. The van der Waals surface area contributed by atoms with Gasteiger partial charge in [-0.05, 0) is 38.2 Å². The molecule has 10 atom stereocenters. The Balaban J connectivity index is 1.53. The molecule has 11 nitrogen and oxygen atoms in total. The van der Waals surface area contributed by atoms with E-state index < -0.39 is 76.9 Å². The van der Waals surface area contributed by atoms with E-state index in [1.165, 1.54) is 12.2 Å². The summed E-state index contributed by atoms with van der Waals surface area (Å²) in [6.45, 7) is 5.61. The van der Waals surface area contributed by atoms with E-state index in [1.807, 2.05) is 6.92 Å². The van der Waals surface area contributed by atoms with Crippen LogP contribution in [0, 0.1) is 16.7 Å². The van der Waals surface area contributed by atoms with Gasteiger partial charge in [-0.15, -0.1) is 0 Å². The first kappa shape index (κ1) is 28.9. The maximum Gasteiger partial charge on any atom is 0.335 e. The minimum Gasteiger partial charge on any atom is -0.478 e. The summed E-state index contributed by atoms with van der Waals surface area (Å²) in [4.78, 5) is 37.9. The van der Waals surface area contributed by atoms with Gasteiger partial charge in [-0.3, -0.25) is 0 Å². The molecule has 0 aromatic heterocycles. The van der Waals surface area contributed by atoms with Crippen molar-refractivity contribution in [3.8, 4) is 0 Å². The van der Waals surface area contributed by atoms with E-state index in [0.717, 1.165) is 0 Å². The molecule has 1 saturated carbocycles. The third-order valence-electron chi connectivity index (χ3n) is 9.80. The molecule has 3 heterocycles. The number of carbonyl (C=O) groups is 3. The zero-order valence-corrected chi connectivity index (χ0v) is 23.0. The highest BCUT2D eigenvalue weighted by molar-refractivity contribution is 5.87. The molecule has 5 aliphatic rings. The zero-order chi connectivity index (χ0) is 28.9. The third kappa shape index (κ3) is 4.61. The van der Waals surface area contributed by atoms with Gasteiger partial charge in [0.1, 0.15) is 24.4 Å². The van der Waals surface area contributed by atoms with Gasteiger partial charge in [0.2, 0.25) is 0 Å². The van der Waals surface area contributed by atoms with Gasteiger partial charge in [-0.1, -0.05) is 32.1 Å². The van der Waals surface area contributed by atoms with Crippen LogP contribution in [-0.2, 0) is 38.1 Å². The first-order valence-corrected chi connectivity index (χ1v) is 13.9. The van der Waals surface area contributed by atoms with Gasteiger partial charge in [0.15, 0.2) is 6.10 Å². The third-order valence-corrected chi connectivity index (χ3v) is 9.80. The normalized spacial score (nSPS) is 45.3. The second-order valence-corrected chi connectivity index (χ2v) is 11.9. The predicted molar refractivity (Wildman–Crippen MR) is 138 cm³/mol. The number of aliphatic carboxylic acids is 1. The minimum absolute atomic E-state index is 0.167. The van der Waals surface area contributed by atoms with Crippen LogP contribution in [0.25, 0.3) is 0 Å². The van der Waals surface area contributed by atoms with Crippen LogP contribution in [0.1, 0.15) is 46.5 Å². The van der Waals surface area contributed by atoms with Gasteiger partial charge >= 0.3 is 17.9 Å². The first-order valence-electron chi connectivity index (χ1n) is 13.9. The van der Waals surface area contributed by atoms with Crippen LogP contribution in [0.3, 0.4) is 0 Å². The Morgan fingerprint density at radius 2 is 1.93 bits per heavy atom. The molecule has 0 aromatic carbocycles. The minimum atomic E-state index is -1.43. The van der Waals surface area contributed by atoms with Gasteiger partial charge in [-0.2, -0.15) is 0 Å². The summed E-state index contributed by atoms with van der Waals surface area (Å²) >= 11 is 0. The number of hydrogen-bond acceptors (Lipinski definition) is 10. The summed E-state index contributed by atoms with van der Waals surface area (Å²) in [6, 6.07) is 0. The van der Waals surface area contributed by atoms with E-state index in [-0.39, 0.29) is 25.2 Å². The second kappa shape index (κ2) is 10.7. The molecule has 11 heteroatoms. The van der Waals surface area contributed by atoms with Crippen molar-refractivity contribution in [2.24, 2.45) is 16.7 Å². The SMILES string of the molecule is CC(O)C1C=C/C=C\C(=O)OC2CC3OC4C=C(C(=O)O)CCC4(COC(=O)C(O)C(C)CCO1)C2(C)C31CO1. The molecule has 3 N–H and O–H groups in total. The van der Waals surface area contributed by atoms with Gasteiger partial charge in [0.25, 0.3) is 0 Å². The summed E-state index contributed by atoms with van der Waals surface area (Å²) in [6.07, 6.45) is 4.03. The van der Waals surface area contributed by atoms with E-state index in [1.54, 1.807) is 32.1 Å². The number of ether oxygens (including phenoxy) is 5. The Bertz CT molecular complexity index is 1120. The number of esters is 2. The highest BCUT2D eigenvalue weighted by Gasteiger charge is 2.83. The lowest BCUT2D eigenvalue weighted by atomic mass is 9.51. The van der Waals surface area contributed by atoms with Crippen LogP contribution in [0.15, 0.2) is 36.0 Å². The van der Waals surface area contributed by atoms with Gasteiger partial charge < -0.3 is 39.0 Å². The van der Waals surface area contributed by atoms with Crippen molar-refractivity contribution in [1.82, 2.24) is 0 Å². The van der Waals surface area contributed by atoms with E-state index in [9.17, 15) is 29.7 Å². The van der Waals surface area contributed by atoms with Crippen LogP contribution in [-0.4, -0.2) is 95.3 Å². The Kier molecular flexibility index (Phi) is 7.73. The van der Waals surface area contributed by atoms with Crippen molar-refractivity contribution >= 4 is 17.9 Å². The summed E-state index contributed by atoms with van der Waals surface area (Å²) in [5.41, 5.74) is -2.40. The maximum absolute atomic E-state index is 13.1. The van der Waals surface area contributed by atoms with Crippen molar-refractivity contribution in [3.63, 3.8) is 0 Å². The Labute approximate surface area is 232 Å². The molecular formula is C29H38O11. The Morgan fingerprint density at radius 3 is 2.60 bits per heavy atom. The molecule has 10 unspecified atom stereocenters. The first-order chi connectivity index (χ1) is 18.9. The highest BCUT2D eigenvalue weighted by Crippen LogP contribution is 2.72. The Morgan fingerprint density at radius 1 is 1.18 bits per heavy atom. The number of carboxylic acids is 1. The van der Waals surface area contributed by atoms with Crippen LogP contribution in [0.4, 0.5) is 0 Å². The summed E-state index contributed by atoms with van der Waals surface area (Å²) in [7, 11) is 0. The highest BCUT2D eigenvalue weighted by atomic mass is 16.6. The quantitative estimate of drug-likeness (QED) is 0.330. The van der Waals surface area contributed by atoms with Crippen molar-refractivity contribution in [2.45, 2.75) is 88.7 Å². The van der Waals surface area contributed by atoms with Crippen molar-refractivity contribution in [3.05, 3.63) is 36.0 Å². The number of epoxide rings is 1. The van der Waals surface area contributed by atoms with E-state index in [4.69, 9.17) is 23.7 Å². The van der Waals surface area contributed by atoms with Crippen LogP contribution >= 0.6 is 0 Å². The summed E-state index contributed by atoms with van der Waals surface area (Å²) < 4.78 is 30.0. The summed E-state index contributed by atoms with van der Waals surface area (Å²) in [5.74, 6) is -2.93. The molecule has 0 radical (unpaired) electrons. The lowest BCUT2D eigenvalue weighted by Crippen LogP contribution is -2.67. The zero-order valence-electron chi connectivity index (χ0n) is 23.0. The lowest BCUT2D eigenvalue weighted by molar-refractivity contribution is -0.234. The predicted octanol–water partition coefficient (Wildman–Crippen LogP) is 1.46. The molecular weight excluding hydrogens is 524 g/mol. The number of carbonyl (C=O) groups excluding carboxylic acids is 2. The molecule has 0 amide bonds. The van der Waals surface area contributed by atoms with Crippen LogP contribution in [0.2, 0.25) is 0 Å². The molecule has 2 aliphatic carbocycles. The molecule has 2 spiro atoms. The van der Waals surface area contributed by atoms with Crippen molar-refractivity contribution in [1.29, 1.82) is 0 Å². The molecule has 40 heavy (non-hydrogen) atoms. The number of cyclic esters (lactones) is 1. The van der Waals surface area contributed by atoms with Crippen molar-refractivity contribution in [2.75, 3.05) is 19.8 Å². The van der Waals surface area contributed by atoms with Gasteiger partial charge in [-0.25, -0.2) is 14.4 Å². The number of aliphatic hydroxyl groups is 2. The van der Waals surface area contributed by atoms with Crippen LogP contribution < -0.4 is 0 Å².